The summed E-state index contributed by atoms with van der Waals surface area (Å²) in [5, 5.41) is 12.9. The molecule has 5 heteroatoms. The number of carbonyl (C=O) groups excluding carboxylic acids is 1. The Hall–Kier alpha value is -3.21. The van der Waals surface area contributed by atoms with Crippen molar-refractivity contribution in [2.24, 2.45) is 0 Å². The number of hydrogen-bond acceptors (Lipinski definition) is 4. The Kier molecular flexibility index (Phi) is 3.76. The van der Waals surface area contributed by atoms with E-state index in [-0.39, 0.29) is 11.3 Å². The highest BCUT2D eigenvalue weighted by molar-refractivity contribution is 5.94. The van der Waals surface area contributed by atoms with Gasteiger partial charge in [-0.05, 0) is 35.9 Å². The smallest absolute Gasteiger partial charge is 0.344 e. The molecule has 0 aromatic heterocycles. The molecule has 0 heterocycles. The molecule has 0 aliphatic carbocycles. The van der Waals surface area contributed by atoms with Gasteiger partial charge in [0.1, 0.15) is 5.75 Å². The van der Waals surface area contributed by atoms with Gasteiger partial charge in [-0.15, -0.1) is 0 Å². The summed E-state index contributed by atoms with van der Waals surface area (Å²) in [5.74, 6) is -0.207. The average Bonchev–Trinajstić information content (AvgIpc) is 2.54. The predicted octanol–water partition coefficient (Wildman–Crippen LogP) is 4.28. The summed E-state index contributed by atoms with van der Waals surface area (Å²) in [7, 11) is 0. The van der Waals surface area contributed by atoms with E-state index in [4.69, 9.17) is 4.74 Å². The lowest BCUT2D eigenvalue weighted by molar-refractivity contribution is -0.385. The maximum Gasteiger partial charge on any atom is 0.344 e. The zero-order valence-corrected chi connectivity index (χ0v) is 12.4. The first-order chi connectivity index (χ1) is 11.1. The maximum absolute atomic E-state index is 12.3. The lowest BCUT2D eigenvalue weighted by Crippen LogP contribution is -2.11. The van der Waals surface area contributed by atoms with Crippen molar-refractivity contribution in [3.63, 3.8) is 0 Å². The predicted molar refractivity (Wildman–Crippen MR) is 86.7 cm³/mol. The van der Waals surface area contributed by atoms with E-state index in [1.807, 2.05) is 30.3 Å². The van der Waals surface area contributed by atoms with Crippen molar-refractivity contribution in [2.75, 3.05) is 0 Å². The molecular formula is C18H13NO4. The molecule has 3 rings (SSSR count). The number of fused-ring (bicyclic) bond motifs is 1. The highest BCUT2D eigenvalue weighted by atomic mass is 16.6. The fourth-order valence-corrected chi connectivity index (χ4v) is 2.44. The third-order valence-corrected chi connectivity index (χ3v) is 3.65. The Morgan fingerprint density at radius 2 is 1.74 bits per heavy atom. The van der Waals surface area contributed by atoms with E-state index in [2.05, 4.69) is 0 Å². The molecule has 0 amide bonds. The second-order valence-electron chi connectivity index (χ2n) is 5.11. The van der Waals surface area contributed by atoms with Gasteiger partial charge in [0.15, 0.2) is 0 Å². The van der Waals surface area contributed by atoms with E-state index in [1.165, 1.54) is 25.1 Å². The molecule has 0 unspecified atom stereocenters. The quantitative estimate of drug-likeness (QED) is 0.313. The van der Waals surface area contributed by atoms with E-state index in [0.717, 1.165) is 10.8 Å². The number of nitro groups is 1. The van der Waals surface area contributed by atoms with Crippen molar-refractivity contribution in [3.8, 4) is 5.75 Å². The molecule has 0 N–H and O–H groups in total. The molecular weight excluding hydrogens is 294 g/mol. The Bertz CT molecular complexity index is 918. The molecule has 0 fully saturated rings. The summed E-state index contributed by atoms with van der Waals surface area (Å²) in [6, 6.07) is 17.4. The topological polar surface area (TPSA) is 69.4 Å². The number of nitrogens with zero attached hydrogens (tertiary/aromatic N) is 1. The number of esters is 1. The Labute approximate surface area is 132 Å². The van der Waals surface area contributed by atoms with Crippen LogP contribution in [0, 0.1) is 17.0 Å². The van der Waals surface area contributed by atoms with E-state index in [0.29, 0.717) is 11.3 Å². The summed E-state index contributed by atoms with van der Waals surface area (Å²) >= 11 is 0. The van der Waals surface area contributed by atoms with Crippen LogP contribution >= 0.6 is 0 Å². The second kappa shape index (κ2) is 5.88. The molecule has 0 saturated heterocycles. The molecule has 0 aliphatic rings. The van der Waals surface area contributed by atoms with Crippen LogP contribution in [0.4, 0.5) is 5.69 Å². The van der Waals surface area contributed by atoms with Crippen molar-refractivity contribution >= 4 is 22.4 Å². The van der Waals surface area contributed by atoms with E-state index < -0.39 is 10.9 Å². The molecule has 0 atom stereocenters. The number of carbonyl (C=O) groups is 1. The van der Waals surface area contributed by atoms with Gasteiger partial charge in [-0.2, -0.15) is 0 Å². The zero-order chi connectivity index (χ0) is 16.4. The third kappa shape index (κ3) is 2.89. The van der Waals surface area contributed by atoms with Crippen LogP contribution in [-0.2, 0) is 0 Å². The first-order valence-corrected chi connectivity index (χ1v) is 7.01. The van der Waals surface area contributed by atoms with Crippen LogP contribution < -0.4 is 4.74 Å². The third-order valence-electron chi connectivity index (χ3n) is 3.65. The highest BCUT2D eigenvalue weighted by Crippen LogP contribution is 2.24. The fourth-order valence-electron chi connectivity index (χ4n) is 2.44. The molecule has 3 aromatic carbocycles. The number of benzene rings is 3. The average molecular weight is 307 g/mol. The molecule has 23 heavy (non-hydrogen) atoms. The van der Waals surface area contributed by atoms with Crippen LogP contribution in [0.5, 0.6) is 5.75 Å². The SMILES string of the molecule is Cc1c(C(=O)Oc2ccc3ccccc3c2)cccc1[N+](=O)[O-]. The van der Waals surface area contributed by atoms with Gasteiger partial charge in [-0.3, -0.25) is 10.1 Å². The minimum atomic E-state index is -0.610. The Morgan fingerprint density at radius 3 is 2.48 bits per heavy atom. The molecule has 5 nitrogen and oxygen atoms in total. The lowest BCUT2D eigenvalue weighted by atomic mass is 10.1. The number of hydrogen-bond donors (Lipinski definition) is 0. The Balaban J connectivity index is 1.91. The van der Waals surface area contributed by atoms with Crippen molar-refractivity contribution in [1.29, 1.82) is 0 Å². The van der Waals surface area contributed by atoms with Gasteiger partial charge < -0.3 is 4.74 Å². The highest BCUT2D eigenvalue weighted by Gasteiger charge is 2.19. The number of ether oxygens (including phenoxy) is 1. The van der Waals surface area contributed by atoms with Crippen molar-refractivity contribution in [3.05, 3.63) is 81.9 Å². The first-order valence-electron chi connectivity index (χ1n) is 7.01. The maximum atomic E-state index is 12.3. The van der Waals surface area contributed by atoms with Crippen LogP contribution in [0.1, 0.15) is 15.9 Å². The number of rotatable bonds is 3. The van der Waals surface area contributed by atoms with Crippen LogP contribution in [0.15, 0.2) is 60.7 Å². The normalized spacial score (nSPS) is 10.5. The minimum Gasteiger partial charge on any atom is -0.423 e. The van der Waals surface area contributed by atoms with Gasteiger partial charge in [0.05, 0.1) is 10.5 Å². The lowest BCUT2D eigenvalue weighted by Gasteiger charge is -2.08. The van der Waals surface area contributed by atoms with Crippen LogP contribution in [0.2, 0.25) is 0 Å². The molecule has 114 valence electrons. The van der Waals surface area contributed by atoms with Gasteiger partial charge in [-0.25, -0.2) is 4.79 Å². The summed E-state index contributed by atoms with van der Waals surface area (Å²) in [6.07, 6.45) is 0. The monoisotopic (exact) mass is 307 g/mol. The number of nitro benzene ring substituents is 1. The second-order valence-corrected chi connectivity index (χ2v) is 5.11. The molecule has 0 spiro atoms. The molecule has 0 bridgehead atoms. The van der Waals surface area contributed by atoms with Crippen molar-refractivity contribution in [2.45, 2.75) is 6.92 Å². The zero-order valence-electron chi connectivity index (χ0n) is 12.4. The van der Waals surface area contributed by atoms with Crippen molar-refractivity contribution < 1.29 is 14.5 Å². The molecule has 3 aromatic rings. The summed E-state index contributed by atoms with van der Waals surface area (Å²) in [6.45, 7) is 1.54. The van der Waals surface area contributed by atoms with Gasteiger partial charge >= 0.3 is 5.97 Å². The van der Waals surface area contributed by atoms with Gasteiger partial charge in [0, 0.05) is 11.6 Å². The van der Waals surface area contributed by atoms with E-state index in [9.17, 15) is 14.9 Å². The van der Waals surface area contributed by atoms with E-state index in [1.54, 1.807) is 12.1 Å². The van der Waals surface area contributed by atoms with Crippen LogP contribution in [0.25, 0.3) is 10.8 Å². The Morgan fingerprint density at radius 1 is 1.00 bits per heavy atom. The summed E-state index contributed by atoms with van der Waals surface area (Å²) in [5.41, 5.74) is 0.383. The summed E-state index contributed by atoms with van der Waals surface area (Å²) < 4.78 is 5.36. The fraction of sp³-hybridized carbons (Fsp3) is 0.0556. The minimum absolute atomic E-state index is 0.0991. The molecule has 0 aliphatic heterocycles. The largest absolute Gasteiger partial charge is 0.423 e. The van der Waals surface area contributed by atoms with E-state index >= 15 is 0 Å². The van der Waals surface area contributed by atoms with Crippen LogP contribution in [-0.4, -0.2) is 10.9 Å². The standard InChI is InChI=1S/C18H13NO4/c1-12-16(7-4-8-17(12)19(21)22)18(20)23-15-10-9-13-5-2-3-6-14(13)11-15/h2-11H,1H3. The summed E-state index contributed by atoms with van der Waals surface area (Å²) in [4.78, 5) is 22.7. The first kappa shape index (κ1) is 14.7. The van der Waals surface area contributed by atoms with Gasteiger partial charge in [0.25, 0.3) is 5.69 Å². The van der Waals surface area contributed by atoms with Crippen molar-refractivity contribution in [1.82, 2.24) is 0 Å². The molecule has 0 radical (unpaired) electrons. The van der Waals surface area contributed by atoms with Crippen LogP contribution in [0.3, 0.4) is 0 Å². The van der Waals surface area contributed by atoms with Gasteiger partial charge in [-0.1, -0.05) is 36.4 Å². The molecule has 0 saturated carbocycles. The van der Waals surface area contributed by atoms with Gasteiger partial charge in [0.2, 0.25) is 0 Å².